The summed E-state index contributed by atoms with van der Waals surface area (Å²) in [6.07, 6.45) is 2.76. The molecule has 1 atom stereocenters. The van der Waals surface area contributed by atoms with Crippen molar-refractivity contribution in [2.45, 2.75) is 44.2 Å². The van der Waals surface area contributed by atoms with Gasteiger partial charge >= 0.3 is 0 Å². The first kappa shape index (κ1) is 13.8. The van der Waals surface area contributed by atoms with Gasteiger partial charge in [-0.2, -0.15) is 0 Å². The highest BCUT2D eigenvalue weighted by Crippen LogP contribution is 2.42. The molecule has 0 radical (unpaired) electrons. The van der Waals surface area contributed by atoms with Crippen molar-refractivity contribution in [2.75, 3.05) is 24.6 Å². The van der Waals surface area contributed by atoms with E-state index in [0.29, 0.717) is 13.2 Å². The van der Waals surface area contributed by atoms with Gasteiger partial charge in [-0.25, -0.2) is 4.39 Å². The quantitative estimate of drug-likeness (QED) is 0.903. The Kier molecular flexibility index (Phi) is 3.26. The van der Waals surface area contributed by atoms with Gasteiger partial charge in [0.1, 0.15) is 5.82 Å². The molecule has 0 aliphatic carbocycles. The lowest BCUT2D eigenvalue weighted by Crippen LogP contribution is -2.60. The second kappa shape index (κ2) is 4.71. The summed E-state index contributed by atoms with van der Waals surface area (Å²) in [7, 11) is 0. The van der Waals surface area contributed by atoms with E-state index < -0.39 is 0 Å². The average Bonchev–Trinajstić information content (AvgIpc) is 2.80. The van der Waals surface area contributed by atoms with Crippen LogP contribution in [0.2, 0.25) is 0 Å². The Bertz CT molecular complexity index is 517. The molecule has 110 valence electrons. The van der Waals surface area contributed by atoms with Crippen LogP contribution in [0.15, 0.2) is 18.2 Å². The summed E-state index contributed by atoms with van der Waals surface area (Å²) in [5, 5.41) is 0. The summed E-state index contributed by atoms with van der Waals surface area (Å²) in [5.74, 6) is -0.172. The highest BCUT2D eigenvalue weighted by molar-refractivity contribution is 5.60. The number of fused-ring (bicyclic) bond motifs is 1. The minimum atomic E-state index is -0.173. The Balaban J connectivity index is 1.98. The van der Waals surface area contributed by atoms with E-state index in [0.717, 1.165) is 31.5 Å². The Hall–Kier alpha value is -1.13. The number of halogens is 1. The van der Waals surface area contributed by atoms with Crippen molar-refractivity contribution in [1.29, 1.82) is 0 Å². The van der Waals surface area contributed by atoms with Gasteiger partial charge in [-0.05, 0) is 44.4 Å². The van der Waals surface area contributed by atoms with Gasteiger partial charge in [-0.1, -0.05) is 6.07 Å². The molecule has 1 unspecified atom stereocenters. The van der Waals surface area contributed by atoms with E-state index in [9.17, 15) is 4.39 Å². The molecule has 2 aliphatic rings. The second-order valence-electron chi connectivity index (χ2n) is 6.64. The zero-order chi connectivity index (χ0) is 14.4. The van der Waals surface area contributed by atoms with Gasteiger partial charge in [0.2, 0.25) is 0 Å². The summed E-state index contributed by atoms with van der Waals surface area (Å²) in [6.45, 7) is 6.44. The fourth-order valence-electron chi connectivity index (χ4n) is 3.81. The molecule has 1 fully saturated rings. The fraction of sp³-hybridized carbons (Fsp3) is 0.625. The molecular formula is C16H23FN2O. The highest BCUT2D eigenvalue weighted by Gasteiger charge is 2.45. The normalized spacial score (nSPS) is 28.5. The summed E-state index contributed by atoms with van der Waals surface area (Å²) >= 11 is 0. The van der Waals surface area contributed by atoms with Crippen LogP contribution in [0, 0.1) is 5.82 Å². The minimum Gasteiger partial charge on any atom is -0.375 e. The number of rotatable bonds is 2. The van der Waals surface area contributed by atoms with E-state index in [1.807, 2.05) is 6.07 Å². The number of anilines is 1. The summed E-state index contributed by atoms with van der Waals surface area (Å²) in [5.41, 5.74) is 8.11. The maximum Gasteiger partial charge on any atom is 0.125 e. The van der Waals surface area contributed by atoms with Crippen LogP contribution in [0.3, 0.4) is 0 Å². The van der Waals surface area contributed by atoms with Gasteiger partial charge in [0.05, 0.1) is 11.1 Å². The highest BCUT2D eigenvalue weighted by atomic mass is 19.1. The predicted octanol–water partition coefficient (Wildman–Crippen LogP) is 2.47. The summed E-state index contributed by atoms with van der Waals surface area (Å²) in [6, 6.07) is 5.10. The van der Waals surface area contributed by atoms with E-state index in [-0.39, 0.29) is 17.0 Å². The van der Waals surface area contributed by atoms with Crippen LogP contribution in [0.5, 0.6) is 0 Å². The first-order valence-electron chi connectivity index (χ1n) is 7.36. The molecule has 3 nitrogen and oxygen atoms in total. The predicted molar refractivity (Wildman–Crippen MR) is 78.5 cm³/mol. The Labute approximate surface area is 119 Å². The Morgan fingerprint density at radius 1 is 1.40 bits per heavy atom. The van der Waals surface area contributed by atoms with Crippen molar-refractivity contribution in [1.82, 2.24) is 0 Å². The first-order chi connectivity index (χ1) is 9.46. The molecule has 2 heterocycles. The lowest BCUT2D eigenvalue weighted by molar-refractivity contribution is -0.0791. The van der Waals surface area contributed by atoms with Gasteiger partial charge in [-0.3, -0.25) is 0 Å². The van der Waals surface area contributed by atoms with Gasteiger partial charge in [0.15, 0.2) is 0 Å². The molecule has 1 aromatic carbocycles. The number of benzene rings is 1. The maximum absolute atomic E-state index is 13.6. The molecule has 0 spiro atoms. The number of hydrogen-bond donors (Lipinski definition) is 1. The molecule has 1 saturated heterocycles. The molecule has 3 rings (SSSR count). The van der Waals surface area contributed by atoms with Crippen LogP contribution in [0.25, 0.3) is 0 Å². The Morgan fingerprint density at radius 3 is 2.90 bits per heavy atom. The van der Waals surface area contributed by atoms with Crippen molar-refractivity contribution in [3.8, 4) is 0 Å². The molecule has 1 aromatic rings. The van der Waals surface area contributed by atoms with Crippen LogP contribution in [0.1, 0.15) is 32.3 Å². The van der Waals surface area contributed by atoms with Crippen LogP contribution in [-0.4, -0.2) is 30.8 Å². The van der Waals surface area contributed by atoms with Crippen LogP contribution < -0.4 is 10.6 Å². The van der Waals surface area contributed by atoms with E-state index in [4.69, 9.17) is 10.5 Å². The Morgan fingerprint density at radius 2 is 2.20 bits per heavy atom. The van der Waals surface area contributed by atoms with Gasteiger partial charge in [0.25, 0.3) is 0 Å². The summed E-state index contributed by atoms with van der Waals surface area (Å²) in [4.78, 5) is 2.33. The topological polar surface area (TPSA) is 38.5 Å². The number of ether oxygens (including phenoxy) is 1. The molecule has 20 heavy (non-hydrogen) atoms. The third-order valence-corrected chi connectivity index (χ3v) is 4.71. The second-order valence-corrected chi connectivity index (χ2v) is 6.64. The van der Waals surface area contributed by atoms with E-state index in [2.05, 4.69) is 18.7 Å². The molecule has 0 bridgehead atoms. The van der Waals surface area contributed by atoms with Crippen molar-refractivity contribution in [3.05, 3.63) is 29.6 Å². The molecular weight excluding hydrogens is 255 g/mol. The lowest BCUT2D eigenvalue weighted by atomic mass is 9.79. The largest absolute Gasteiger partial charge is 0.375 e. The fourth-order valence-corrected chi connectivity index (χ4v) is 3.81. The van der Waals surface area contributed by atoms with Gasteiger partial charge < -0.3 is 15.4 Å². The molecule has 2 N–H and O–H groups in total. The first-order valence-corrected chi connectivity index (χ1v) is 7.36. The third-order valence-electron chi connectivity index (χ3n) is 4.71. The number of nitrogens with zero attached hydrogens (tertiary/aromatic N) is 1. The minimum absolute atomic E-state index is 0.110. The van der Waals surface area contributed by atoms with Gasteiger partial charge in [0, 0.05) is 31.8 Å². The van der Waals surface area contributed by atoms with E-state index in [1.54, 1.807) is 12.1 Å². The molecule has 4 heteroatoms. The summed E-state index contributed by atoms with van der Waals surface area (Å²) < 4.78 is 19.4. The zero-order valence-corrected chi connectivity index (χ0v) is 12.3. The third kappa shape index (κ3) is 2.21. The zero-order valence-electron chi connectivity index (χ0n) is 12.3. The molecule has 0 saturated carbocycles. The standard InChI is InChI=1S/C16H23FN2O/c1-15(2)10-16(11-18,6-8-20-15)19-7-5-12-3-4-13(17)9-14(12)19/h3-4,9H,5-8,10-11,18H2,1-2H3. The van der Waals surface area contributed by atoms with Crippen LogP contribution in [-0.2, 0) is 11.2 Å². The van der Waals surface area contributed by atoms with Crippen molar-refractivity contribution < 1.29 is 9.13 Å². The van der Waals surface area contributed by atoms with Crippen LogP contribution >= 0.6 is 0 Å². The number of nitrogens with two attached hydrogens (primary N) is 1. The lowest BCUT2D eigenvalue weighted by Gasteiger charge is -2.50. The maximum atomic E-state index is 13.6. The van der Waals surface area contributed by atoms with Crippen molar-refractivity contribution in [2.24, 2.45) is 5.73 Å². The SMILES string of the molecule is CC1(C)CC(CN)(N2CCc3ccc(F)cc32)CCO1. The molecule has 0 amide bonds. The van der Waals surface area contributed by atoms with Crippen molar-refractivity contribution >= 4 is 5.69 Å². The van der Waals surface area contributed by atoms with Crippen molar-refractivity contribution in [3.63, 3.8) is 0 Å². The van der Waals surface area contributed by atoms with E-state index >= 15 is 0 Å². The monoisotopic (exact) mass is 278 g/mol. The van der Waals surface area contributed by atoms with Crippen LogP contribution in [0.4, 0.5) is 10.1 Å². The molecule has 2 aliphatic heterocycles. The number of hydrogen-bond acceptors (Lipinski definition) is 3. The molecule has 0 aromatic heterocycles. The van der Waals surface area contributed by atoms with E-state index in [1.165, 1.54) is 5.56 Å². The average molecular weight is 278 g/mol. The van der Waals surface area contributed by atoms with Gasteiger partial charge in [-0.15, -0.1) is 0 Å². The smallest absolute Gasteiger partial charge is 0.125 e.